The van der Waals surface area contributed by atoms with Crippen molar-refractivity contribution in [1.29, 1.82) is 0 Å². The van der Waals surface area contributed by atoms with Gasteiger partial charge in [-0.2, -0.15) is 0 Å². The molecule has 8 heteroatoms. The van der Waals surface area contributed by atoms with E-state index in [9.17, 15) is 9.59 Å². The molecule has 0 aliphatic rings. The lowest BCUT2D eigenvalue weighted by Crippen LogP contribution is -2.26. The SMILES string of the molecule is CCC(Oc1cccc(NC(=O)c2c(I)cc(I)cc2I)c1)C(=O)O. The largest absolute Gasteiger partial charge is 0.479 e. The summed E-state index contributed by atoms with van der Waals surface area (Å²) in [5.41, 5.74) is 1.16. The third kappa shape index (κ3) is 5.67. The lowest BCUT2D eigenvalue weighted by atomic mass is 10.2. The topological polar surface area (TPSA) is 75.6 Å². The van der Waals surface area contributed by atoms with E-state index in [0.717, 1.165) is 10.7 Å². The lowest BCUT2D eigenvalue weighted by molar-refractivity contribution is -0.145. The Morgan fingerprint density at radius 1 is 1.16 bits per heavy atom. The Balaban J connectivity index is 2.20. The van der Waals surface area contributed by atoms with Crippen LogP contribution in [0.25, 0.3) is 0 Å². The van der Waals surface area contributed by atoms with Crippen LogP contribution in [0.2, 0.25) is 0 Å². The van der Waals surface area contributed by atoms with Gasteiger partial charge in [0.15, 0.2) is 6.10 Å². The van der Waals surface area contributed by atoms with Gasteiger partial charge in [0.05, 0.1) is 5.56 Å². The van der Waals surface area contributed by atoms with Crippen LogP contribution >= 0.6 is 67.8 Å². The summed E-state index contributed by atoms with van der Waals surface area (Å²) in [7, 11) is 0. The van der Waals surface area contributed by atoms with Gasteiger partial charge < -0.3 is 15.2 Å². The van der Waals surface area contributed by atoms with E-state index in [1.54, 1.807) is 31.2 Å². The van der Waals surface area contributed by atoms with Crippen molar-refractivity contribution >= 4 is 85.3 Å². The van der Waals surface area contributed by atoms with Crippen molar-refractivity contribution in [2.45, 2.75) is 19.4 Å². The van der Waals surface area contributed by atoms with Crippen LogP contribution in [0.4, 0.5) is 5.69 Å². The number of carbonyl (C=O) groups is 2. The first-order chi connectivity index (χ1) is 11.8. The summed E-state index contributed by atoms with van der Waals surface area (Å²) in [6, 6.07) is 10.6. The summed E-state index contributed by atoms with van der Waals surface area (Å²) in [5.74, 6) is -0.827. The van der Waals surface area contributed by atoms with Crippen LogP contribution in [-0.2, 0) is 4.79 Å². The van der Waals surface area contributed by atoms with E-state index in [1.165, 1.54) is 0 Å². The Morgan fingerprint density at radius 3 is 2.36 bits per heavy atom. The first-order valence-electron chi connectivity index (χ1n) is 7.27. The molecule has 1 unspecified atom stereocenters. The summed E-state index contributed by atoms with van der Waals surface area (Å²) in [6.45, 7) is 1.74. The van der Waals surface area contributed by atoms with E-state index in [1.807, 2.05) is 12.1 Å². The molecule has 2 aromatic rings. The predicted octanol–water partition coefficient (Wildman–Crippen LogP) is 4.99. The number of carboxylic acids is 1. The standard InChI is InChI=1S/C17H14I3NO4/c1-2-14(17(23)24)25-11-5-3-4-10(8-11)21-16(22)15-12(19)6-9(18)7-13(15)20/h3-8,14H,2H2,1H3,(H,21,22)(H,23,24). The fraction of sp³-hybridized carbons (Fsp3) is 0.176. The summed E-state index contributed by atoms with van der Waals surface area (Å²) < 4.78 is 8.27. The minimum absolute atomic E-state index is 0.215. The monoisotopic (exact) mass is 677 g/mol. The Bertz CT molecular complexity index is 787. The average molecular weight is 677 g/mol. The Morgan fingerprint density at radius 2 is 1.80 bits per heavy atom. The normalized spacial score (nSPS) is 11.7. The van der Waals surface area contributed by atoms with Crippen LogP contribution in [-0.4, -0.2) is 23.1 Å². The molecule has 0 aliphatic heterocycles. The first kappa shape index (κ1) is 20.7. The number of anilines is 1. The molecule has 0 bridgehead atoms. The van der Waals surface area contributed by atoms with Crippen molar-refractivity contribution in [2.75, 3.05) is 5.32 Å². The van der Waals surface area contributed by atoms with Crippen LogP contribution in [0.15, 0.2) is 36.4 Å². The number of hydrogen-bond donors (Lipinski definition) is 2. The average Bonchev–Trinajstić information content (AvgIpc) is 2.51. The highest BCUT2D eigenvalue weighted by atomic mass is 127. The molecular formula is C17H14I3NO4. The molecule has 0 fully saturated rings. The van der Waals surface area contributed by atoms with Gasteiger partial charge in [-0.3, -0.25) is 4.79 Å². The van der Waals surface area contributed by atoms with E-state index in [4.69, 9.17) is 9.84 Å². The minimum atomic E-state index is -1.01. The number of rotatable bonds is 6. The molecule has 1 atom stereocenters. The van der Waals surface area contributed by atoms with E-state index in [0.29, 0.717) is 23.4 Å². The highest BCUT2D eigenvalue weighted by Gasteiger charge is 2.18. The smallest absolute Gasteiger partial charge is 0.344 e. The highest BCUT2D eigenvalue weighted by molar-refractivity contribution is 14.1. The molecule has 0 saturated carbocycles. The molecule has 132 valence electrons. The van der Waals surface area contributed by atoms with Crippen LogP contribution in [0, 0.1) is 10.7 Å². The van der Waals surface area contributed by atoms with Crippen molar-refractivity contribution in [3.8, 4) is 5.75 Å². The van der Waals surface area contributed by atoms with Crippen molar-refractivity contribution < 1.29 is 19.4 Å². The molecule has 0 aliphatic carbocycles. The van der Waals surface area contributed by atoms with E-state index in [-0.39, 0.29) is 5.91 Å². The maximum Gasteiger partial charge on any atom is 0.344 e. The second-order valence-electron chi connectivity index (χ2n) is 5.08. The number of carbonyl (C=O) groups excluding carboxylic acids is 1. The number of benzene rings is 2. The molecule has 0 heterocycles. The van der Waals surface area contributed by atoms with Crippen molar-refractivity contribution in [2.24, 2.45) is 0 Å². The van der Waals surface area contributed by atoms with Gasteiger partial charge in [0, 0.05) is 22.5 Å². The van der Waals surface area contributed by atoms with Crippen molar-refractivity contribution in [3.05, 3.63) is 52.7 Å². The van der Waals surface area contributed by atoms with Gasteiger partial charge in [-0.1, -0.05) is 13.0 Å². The number of carboxylic acid groups (broad SMARTS) is 1. The van der Waals surface area contributed by atoms with Crippen molar-refractivity contribution in [1.82, 2.24) is 0 Å². The quantitative estimate of drug-likeness (QED) is 0.423. The highest BCUT2D eigenvalue weighted by Crippen LogP contribution is 2.25. The van der Waals surface area contributed by atoms with Gasteiger partial charge in [0.25, 0.3) is 5.91 Å². The molecule has 25 heavy (non-hydrogen) atoms. The van der Waals surface area contributed by atoms with Crippen LogP contribution in [0.1, 0.15) is 23.7 Å². The molecule has 0 spiro atoms. The number of nitrogens with one attached hydrogen (secondary N) is 1. The summed E-state index contributed by atoms with van der Waals surface area (Å²) in [6.07, 6.45) is -0.561. The second-order valence-corrected chi connectivity index (χ2v) is 8.65. The van der Waals surface area contributed by atoms with Gasteiger partial charge in [-0.15, -0.1) is 0 Å². The molecule has 0 saturated heterocycles. The van der Waals surface area contributed by atoms with Crippen LogP contribution in [0.3, 0.4) is 0 Å². The second kappa shape index (κ2) is 9.35. The summed E-state index contributed by atoms with van der Waals surface area (Å²) >= 11 is 6.50. The van der Waals surface area contributed by atoms with E-state index in [2.05, 4.69) is 73.1 Å². The van der Waals surface area contributed by atoms with Gasteiger partial charge in [-0.05, 0) is 98.5 Å². The fourth-order valence-electron chi connectivity index (χ4n) is 2.07. The zero-order valence-corrected chi connectivity index (χ0v) is 19.5. The maximum absolute atomic E-state index is 12.6. The molecule has 2 N–H and O–H groups in total. The maximum atomic E-state index is 12.6. The molecule has 2 aromatic carbocycles. The Kier molecular flexibility index (Phi) is 7.73. The van der Waals surface area contributed by atoms with Gasteiger partial charge in [-0.25, -0.2) is 4.79 Å². The first-order valence-corrected chi connectivity index (χ1v) is 10.5. The number of hydrogen-bond acceptors (Lipinski definition) is 3. The fourth-order valence-corrected chi connectivity index (χ4v) is 6.15. The number of amides is 1. The molecule has 0 radical (unpaired) electrons. The summed E-state index contributed by atoms with van der Waals surface area (Å²) in [4.78, 5) is 23.7. The van der Waals surface area contributed by atoms with Crippen LogP contribution in [0.5, 0.6) is 5.75 Å². The number of aliphatic carboxylic acids is 1. The minimum Gasteiger partial charge on any atom is -0.479 e. The number of halogens is 3. The van der Waals surface area contributed by atoms with Crippen LogP contribution < -0.4 is 10.1 Å². The molecule has 2 rings (SSSR count). The predicted molar refractivity (Wildman–Crippen MR) is 121 cm³/mol. The zero-order chi connectivity index (χ0) is 18.6. The summed E-state index contributed by atoms with van der Waals surface area (Å²) in [5, 5.41) is 11.9. The van der Waals surface area contributed by atoms with Crippen molar-refractivity contribution in [3.63, 3.8) is 0 Å². The molecular weight excluding hydrogens is 663 g/mol. The third-order valence-electron chi connectivity index (χ3n) is 3.25. The molecule has 5 nitrogen and oxygen atoms in total. The third-order valence-corrected chi connectivity index (χ3v) is 5.57. The number of ether oxygens (including phenoxy) is 1. The van der Waals surface area contributed by atoms with Gasteiger partial charge in [0.2, 0.25) is 0 Å². The zero-order valence-electron chi connectivity index (χ0n) is 13.1. The van der Waals surface area contributed by atoms with Gasteiger partial charge in [0.1, 0.15) is 5.75 Å². The van der Waals surface area contributed by atoms with E-state index >= 15 is 0 Å². The molecule has 0 aromatic heterocycles. The Labute approximate surface area is 186 Å². The van der Waals surface area contributed by atoms with Gasteiger partial charge >= 0.3 is 5.97 Å². The molecule has 1 amide bonds. The lowest BCUT2D eigenvalue weighted by Gasteiger charge is -2.14. The van der Waals surface area contributed by atoms with E-state index < -0.39 is 12.1 Å². The Hall–Kier alpha value is -0.630.